The highest BCUT2D eigenvalue weighted by Gasteiger charge is 2.46. The smallest absolute Gasteiger partial charge is 0.240 e. The number of rotatable bonds is 5. The zero-order valence-corrected chi connectivity index (χ0v) is 9.43. The highest BCUT2D eigenvalue weighted by atomic mass is 32.2. The van der Waals surface area contributed by atoms with E-state index >= 15 is 0 Å². The summed E-state index contributed by atoms with van der Waals surface area (Å²) in [4.78, 5) is 11.5. The number of aliphatic hydroxyl groups is 1. The number of carbonyl (C=O) groups excluding carboxylic acids is 1. The van der Waals surface area contributed by atoms with Crippen LogP contribution in [0.5, 0.6) is 0 Å². The van der Waals surface area contributed by atoms with Gasteiger partial charge in [-0.05, 0) is 26.0 Å². The molecular weight excluding hydrogens is 200 g/mol. The van der Waals surface area contributed by atoms with Crippen molar-refractivity contribution in [3.8, 4) is 0 Å². The monoisotopic (exact) mass is 218 g/mol. The Labute approximate surface area is 88.6 Å². The first-order chi connectivity index (χ1) is 6.53. The molecule has 14 heavy (non-hydrogen) atoms. The third-order valence-electron chi connectivity index (χ3n) is 2.64. The third kappa shape index (κ3) is 2.62. The molecule has 1 saturated carbocycles. The summed E-state index contributed by atoms with van der Waals surface area (Å²) in [6.45, 7) is 1.96. The zero-order chi connectivity index (χ0) is 10.8. The van der Waals surface area contributed by atoms with E-state index in [-0.39, 0.29) is 23.8 Å². The Balaban J connectivity index is 2.39. The Morgan fingerprint density at radius 2 is 2.29 bits per heavy atom. The molecule has 4 nitrogen and oxygen atoms in total. The standard InChI is InChI=1S/C9H18N2O2S/c1-6(7(5-12)14-2)11-8(13)9(10)3-4-9/h6-7,12H,3-5,10H2,1-2H3,(H,11,13). The maximum Gasteiger partial charge on any atom is 0.240 e. The van der Waals surface area contributed by atoms with E-state index < -0.39 is 5.54 Å². The van der Waals surface area contributed by atoms with Crippen LogP contribution >= 0.6 is 11.8 Å². The quantitative estimate of drug-likeness (QED) is 0.592. The summed E-state index contributed by atoms with van der Waals surface area (Å²) in [5.74, 6) is -0.0856. The van der Waals surface area contributed by atoms with E-state index in [2.05, 4.69) is 5.32 Å². The Bertz CT molecular complexity index is 215. The predicted molar refractivity (Wildman–Crippen MR) is 58.1 cm³/mol. The van der Waals surface area contributed by atoms with E-state index in [0.29, 0.717) is 0 Å². The Hall–Kier alpha value is -0.260. The molecule has 0 aromatic heterocycles. The van der Waals surface area contributed by atoms with Crippen LogP contribution in [0.2, 0.25) is 0 Å². The van der Waals surface area contributed by atoms with Crippen molar-refractivity contribution in [2.75, 3.05) is 12.9 Å². The van der Waals surface area contributed by atoms with E-state index in [9.17, 15) is 4.79 Å². The molecule has 0 aromatic rings. The minimum Gasteiger partial charge on any atom is -0.395 e. The molecule has 0 aliphatic heterocycles. The van der Waals surface area contributed by atoms with Gasteiger partial charge in [0.25, 0.3) is 0 Å². The second-order valence-electron chi connectivity index (χ2n) is 3.88. The van der Waals surface area contributed by atoms with Gasteiger partial charge in [0.15, 0.2) is 0 Å². The largest absolute Gasteiger partial charge is 0.395 e. The molecule has 0 saturated heterocycles. The van der Waals surface area contributed by atoms with Crippen LogP contribution in [0, 0.1) is 0 Å². The topological polar surface area (TPSA) is 75.3 Å². The number of carbonyl (C=O) groups is 1. The van der Waals surface area contributed by atoms with Crippen LogP contribution in [0.4, 0.5) is 0 Å². The summed E-state index contributed by atoms with van der Waals surface area (Å²) >= 11 is 1.55. The average molecular weight is 218 g/mol. The summed E-state index contributed by atoms with van der Waals surface area (Å²) in [6, 6.07) is -0.0384. The molecule has 1 amide bonds. The van der Waals surface area contributed by atoms with Crippen LogP contribution < -0.4 is 11.1 Å². The van der Waals surface area contributed by atoms with E-state index in [0.717, 1.165) is 12.8 Å². The first kappa shape index (κ1) is 11.8. The predicted octanol–water partition coefficient (Wildman–Crippen LogP) is -0.294. The maximum atomic E-state index is 11.5. The van der Waals surface area contributed by atoms with Crippen LogP contribution in [0.1, 0.15) is 19.8 Å². The van der Waals surface area contributed by atoms with Gasteiger partial charge in [0.05, 0.1) is 12.1 Å². The molecule has 2 unspecified atom stereocenters. The molecule has 82 valence electrons. The molecule has 1 rings (SSSR count). The average Bonchev–Trinajstić information content (AvgIpc) is 2.87. The van der Waals surface area contributed by atoms with Crippen molar-refractivity contribution in [2.24, 2.45) is 5.73 Å². The summed E-state index contributed by atoms with van der Waals surface area (Å²) in [7, 11) is 0. The molecule has 4 N–H and O–H groups in total. The Morgan fingerprint density at radius 3 is 2.64 bits per heavy atom. The first-order valence-electron chi connectivity index (χ1n) is 4.77. The lowest BCUT2D eigenvalue weighted by molar-refractivity contribution is -0.123. The summed E-state index contributed by atoms with van der Waals surface area (Å²) in [6.07, 6.45) is 3.46. The van der Waals surface area contributed by atoms with Gasteiger partial charge in [0, 0.05) is 11.3 Å². The lowest BCUT2D eigenvalue weighted by atomic mass is 10.2. The van der Waals surface area contributed by atoms with Gasteiger partial charge in [-0.15, -0.1) is 0 Å². The number of nitrogens with one attached hydrogen (secondary N) is 1. The molecule has 0 spiro atoms. The second-order valence-corrected chi connectivity index (χ2v) is 4.95. The number of thioether (sulfide) groups is 1. The van der Waals surface area contributed by atoms with Crippen molar-refractivity contribution in [3.05, 3.63) is 0 Å². The van der Waals surface area contributed by atoms with Gasteiger partial charge < -0.3 is 16.2 Å². The van der Waals surface area contributed by atoms with Gasteiger partial charge in [0.1, 0.15) is 0 Å². The fourth-order valence-corrected chi connectivity index (χ4v) is 1.87. The van der Waals surface area contributed by atoms with Crippen LogP contribution in [-0.4, -0.2) is 40.7 Å². The number of hydrogen-bond donors (Lipinski definition) is 3. The van der Waals surface area contributed by atoms with Crippen LogP contribution in [0.3, 0.4) is 0 Å². The molecular formula is C9H18N2O2S. The van der Waals surface area contributed by atoms with Crippen molar-refractivity contribution in [1.82, 2.24) is 5.32 Å². The van der Waals surface area contributed by atoms with Crippen LogP contribution in [0.15, 0.2) is 0 Å². The van der Waals surface area contributed by atoms with Gasteiger partial charge in [0.2, 0.25) is 5.91 Å². The van der Waals surface area contributed by atoms with Crippen molar-refractivity contribution in [1.29, 1.82) is 0 Å². The number of aliphatic hydroxyl groups excluding tert-OH is 1. The third-order valence-corrected chi connectivity index (χ3v) is 3.80. The van der Waals surface area contributed by atoms with Gasteiger partial charge in [-0.3, -0.25) is 4.79 Å². The fraction of sp³-hybridized carbons (Fsp3) is 0.889. The molecule has 0 heterocycles. The summed E-state index contributed by atoms with van der Waals surface area (Å²) in [5, 5.41) is 11.9. The zero-order valence-electron chi connectivity index (χ0n) is 8.62. The van der Waals surface area contributed by atoms with E-state index in [4.69, 9.17) is 10.8 Å². The van der Waals surface area contributed by atoms with Crippen molar-refractivity contribution < 1.29 is 9.90 Å². The number of nitrogens with two attached hydrogens (primary N) is 1. The van der Waals surface area contributed by atoms with E-state index in [1.165, 1.54) is 0 Å². The van der Waals surface area contributed by atoms with Gasteiger partial charge in [-0.1, -0.05) is 0 Å². The number of hydrogen-bond acceptors (Lipinski definition) is 4. The molecule has 1 aliphatic rings. The molecule has 1 aliphatic carbocycles. The highest BCUT2D eigenvalue weighted by molar-refractivity contribution is 7.99. The molecule has 0 radical (unpaired) electrons. The summed E-state index contributed by atoms with van der Waals surface area (Å²) in [5.41, 5.74) is 5.12. The normalized spacial score (nSPS) is 22.6. The molecule has 0 aromatic carbocycles. The minimum absolute atomic E-state index is 0.0384. The number of amides is 1. The van der Waals surface area contributed by atoms with E-state index in [1.54, 1.807) is 11.8 Å². The molecule has 5 heteroatoms. The Kier molecular flexibility index (Phi) is 3.80. The van der Waals surface area contributed by atoms with Crippen molar-refractivity contribution in [2.45, 2.75) is 36.6 Å². The summed E-state index contributed by atoms with van der Waals surface area (Å²) < 4.78 is 0. The maximum absolute atomic E-state index is 11.5. The fourth-order valence-electron chi connectivity index (χ4n) is 1.24. The molecule has 0 bridgehead atoms. The van der Waals surface area contributed by atoms with Gasteiger partial charge >= 0.3 is 0 Å². The lowest BCUT2D eigenvalue weighted by Crippen LogP contribution is -2.49. The lowest BCUT2D eigenvalue weighted by Gasteiger charge is -2.22. The Morgan fingerprint density at radius 1 is 1.71 bits per heavy atom. The molecule has 1 fully saturated rings. The SMILES string of the molecule is CSC(CO)C(C)NC(=O)C1(N)CC1. The van der Waals surface area contributed by atoms with E-state index in [1.807, 2.05) is 13.2 Å². The van der Waals surface area contributed by atoms with Crippen molar-refractivity contribution in [3.63, 3.8) is 0 Å². The van der Waals surface area contributed by atoms with Crippen molar-refractivity contribution >= 4 is 17.7 Å². The molecule has 2 atom stereocenters. The first-order valence-corrected chi connectivity index (χ1v) is 6.06. The second kappa shape index (κ2) is 4.51. The van der Waals surface area contributed by atoms with Crippen LogP contribution in [-0.2, 0) is 4.79 Å². The van der Waals surface area contributed by atoms with Gasteiger partial charge in [-0.25, -0.2) is 0 Å². The van der Waals surface area contributed by atoms with Gasteiger partial charge in [-0.2, -0.15) is 11.8 Å². The highest BCUT2D eigenvalue weighted by Crippen LogP contribution is 2.32. The minimum atomic E-state index is -0.618. The van der Waals surface area contributed by atoms with Crippen LogP contribution in [0.25, 0.3) is 0 Å².